The predicted octanol–water partition coefficient (Wildman–Crippen LogP) is 4.06. The summed E-state index contributed by atoms with van der Waals surface area (Å²) < 4.78 is 0. The minimum atomic E-state index is -0.201. The van der Waals surface area contributed by atoms with Crippen LogP contribution in [0.15, 0.2) is 60.4 Å². The van der Waals surface area contributed by atoms with Gasteiger partial charge >= 0.3 is 0 Å². The van der Waals surface area contributed by atoms with E-state index in [2.05, 4.69) is 33.8 Å². The van der Waals surface area contributed by atoms with E-state index < -0.39 is 0 Å². The lowest BCUT2D eigenvalue weighted by Crippen LogP contribution is -2.27. The van der Waals surface area contributed by atoms with Gasteiger partial charge in [-0.3, -0.25) is 14.6 Å². The third-order valence-corrected chi connectivity index (χ3v) is 5.15. The molecule has 0 unspecified atom stereocenters. The van der Waals surface area contributed by atoms with Crippen LogP contribution in [0.3, 0.4) is 0 Å². The van der Waals surface area contributed by atoms with Crippen LogP contribution in [0.2, 0.25) is 0 Å². The quantitative estimate of drug-likeness (QED) is 0.500. The second-order valence-electron chi connectivity index (χ2n) is 7.42. The summed E-state index contributed by atoms with van der Waals surface area (Å²) in [4.78, 5) is 28.8. The van der Waals surface area contributed by atoms with Gasteiger partial charge in [-0.1, -0.05) is 42.0 Å². The van der Waals surface area contributed by atoms with Gasteiger partial charge in [-0.05, 0) is 56.6 Å². The van der Waals surface area contributed by atoms with Crippen LogP contribution in [0.5, 0.6) is 0 Å². The number of hydrogen-bond donors (Lipinski definition) is 2. The molecule has 0 aliphatic heterocycles. The highest BCUT2D eigenvalue weighted by Crippen LogP contribution is 2.19. The first kappa shape index (κ1) is 20.8. The van der Waals surface area contributed by atoms with Gasteiger partial charge in [-0.15, -0.1) is 0 Å². The first-order valence-electron chi connectivity index (χ1n) is 10.5. The molecular formula is C24H29N3O2. The van der Waals surface area contributed by atoms with Crippen molar-refractivity contribution in [2.24, 2.45) is 0 Å². The Balaban J connectivity index is 1.43. The first-order chi connectivity index (χ1) is 14.2. The van der Waals surface area contributed by atoms with E-state index in [4.69, 9.17) is 0 Å². The molecule has 0 atom stereocenters. The summed E-state index contributed by atoms with van der Waals surface area (Å²) >= 11 is 0. The molecular weight excluding hydrogens is 362 g/mol. The van der Waals surface area contributed by atoms with Crippen molar-refractivity contribution in [3.63, 3.8) is 0 Å². The minimum Gasteiger partial charge on any atom is -0.352 e. The maximum atomic E-state index is 12.4. The molecule has 0 spiro atoms. The van der Waals surface area contributed by atoms with Gasteiger partial charge in [0.15, 0.2) is 0 Å². The molecule has 5 heteroatoms. The van der Waals surface area contributed by atoms with Crippen molar-refractivity contribution >= 4 is 11.8 Å². The Labute approximate surface area is 172 Å². The summed E-state index contributed by atoms with van der Waals surface area (Å²) in [6.07, 6.45) is 12.7. The SMILES string of the molecule is O=C(NCCCc1ccccc1)c1cncc(C(=O)NCCC2=CCCCC2)c1. The summed E-state index contributed by atoms with van der Waals surface area (Å²) in [6, 6.07) is 11.8. The Bertz CT molecular complexity index is 846. The molecule has 0 radical (unpaired) electrons. The third-order valence-electron chi connectivity index (χ3n) is 5.15. The number of carbonyl (C=O) groups is 2. The van der Waals surface area contributed by atoms with Crippen molar-refractivity contribution in [1.29, 1.82) is 0 Å². The summed E-state index contributed by atoms with van der Waals surface area (Å²) in [5, 5.41) is 5.83. The standard InChI is InChI=1S/C24H29N3O2/c28-23(26-14-7-12-19-8-3-1-4-9-19)21-16-22(18-25-17-21)24(29)27-15-13-20-10-5-2-6-11-20/h1,3-4,8-10,16-18H,2,5-7,11-15H2,(H,26,28)(H,27,29). The summed E-state index contributed by atoms with van der Waals surface area (Å²) in [5.41, 5.74) is 3.51. The summed E-state index contributed by atoms with van der Waals surface area (Å²) in [6.45, 7) is 1.19. The van der Waals surface area contributed by atoms with Crippen LogP contribution in [-0.2, 0) is 6.42 Å². The molecule has 1 heterocycles. The molecule has 152 valence electrons. The van der Waals surface area contributed by atoms with Gasteiger partial charge in [-0.25, -0.2) is 0 Å². The van der Waals surface area contributed by atoms with Crippen LogP contribution < -0.4 is 10.6 Å². The van der Waals surface area contributed by atoms with Gasteiger partial charge in [0.2, 0.25) is 0 Å². The lowest BCUT2D eigenvalue weighted by atomic mass is 9.97. The van der Waals surface area contributed by atoms with E-state index in [1.54, 1.807) is 6.07 Å². The highest BCUT2D eigenvalue weighted by Gasteiger charge is 2.11. The molecule has 1 aromatic carbocycles. The van der Waals surface area contributed by atoms with E-state index in [0.29, 0.717) is 24.2 Å². The molecule has 5 nitrogen and oxygen atoms in total. The summed E-state index contributed by atoms with van der Waals surface area (Å²) in [5.74, 6) is -0.389. The van der Waals surface area contributed by atoms with Crippen LogP contribution >= 0.6 is 0 Å². The molecule has 2 N–H and O–H groups in total. The largest absolute Gasteiger partial charge is 0.352 e. The zero-order chi connectivity index (χ0) is 20.3. The van der Waals surface area contributed by atoms with Gasteiger partial charge in [0.05, 0.1) is 11.1 Å². The number of amides is 2. The fourth-order valence-electron chi connectivity index (χ4n) is 3.50. The molecule has 2 aromatic rings. The van der Waals surface area contributed by atoms with E-state index in [-0.39, 0.29) is 11.8 Å². The van der Waals surface area contributed by atoms with E-state index in [1.807, 2.05) is 18.2 Å². The Morgan fingerprint density at radius 3 is 2.31 bits per heavy atom. The van der Waals surface area contributed by atoms with Crippen molar-refractivity contribution in [1.82, 2.24) is 15.6 Å². The van der Waals surface area contributed by atoms with E-state index in [1.165, 1.54) is 36.4 Å². The van der Waals surface area contributed by atoms with E-state index in [9.17, 15) is 9.59 Å². The first-order valence-corrected chi connectivity index (χ1v) is 10.5. The van der Waals surface area contributed by atoms with Crippen molar-refractivity contribution in [3.05, 3.63) is 77.1 Å². The van der Waals surface area contributed by atoms with Crippen LogP contribution in [-0.4, -0.2) is 29.9 Å². The molecule has 1 aliphatic carbocycles. The van der Waals surface area contributed by atoms with Crippen LogP contribution in [0.4, 0.5) is 0 Å². The Kier molecular flexibility index (Phi) is 7.99. The second kappa shape index (κ2) is 11.1. The van der Waals surface area contributed by atoms with Gasteiger partial charge < -0.3 is 10.6 Å². The molecule has 0 saturated heterocycles. The van der Waals surface area contributed by atoms with Gasteiger partial charge in [0, 0.05) is 25.5 Å². The zero-order valence-electron chi connectivity index (χ0n) is 16.8. The zero-order valence-corrected chi connectivity index (χ0v) is 16.8. The predicted molar refractivity (Wildman–Crippen MR) is 115 cm³/mol. The third kappa shape index (κ3) is 6.86. The topological polar surface area (TPSA) is 71.1 Å². The van der Waals surface area contributed by atoms with Crippen molar-refractivity contribution in [2.45, 2.75) is 44.9 Å². The average Bonchev–Trinajstić information content (AvgIpc) is 2.78. The number of benzene rings is 1. The lowest BCUT2D eigenvalue weighted by Gasteiger charge is -2.13. The van der Waals surface area contributed by atoms with Crippen molar-refractivity contribution in [2.75, 3.05) is 13.1 Å². The number of nitrogens with zero attached hydrogens (tertiary/aromatic N) is 1. The van der Waals surface area contributed by atoms with Crippen molar-refractivity contribution in [3.8, 4) is 0 Å². The Hall–Kier alpha value is -2.95. The van der Waals surface area contributed by atoms with E-state index >= 15 is 0 Å². The fourth-order valence-corrected chi connectivity index (χ4v) is 3.50. The maximum absolute atomic E-state index is 12.4. The number of aryl methyl sites for hydroxylation is 1. The monoisotopic (exact) mass is 391 g/mol. The number of allylic oxidation sites excluding steroid dienone is 1. The Morgan fingerprint density at radius 1 is 0.897 bits per heavy atom. The molecule has 3 rings (SSSR count). The van der Waals surface area contributed by atoms with Gasteiger partial charge in [0.1, 0.15) is 0 Å². The Morgan fingerprint density at radius 2 is 1.62 bits per heavy atom. The molecule has 2 amide bonds. The second-order valence-corrected chi connectivity index (χ2v) is 7.42. The number of hydrogen-bond acceptors (Lipinski definition) is 3. The van der Waals surface area contributed by atoms with Gasteiger partial charge in [-0.2, -0.15) is 0 Å². The van der Waals surface area contributed by atoms with Crippen LogP contribution in [0, 0.1) is 0 Å². The number of nitrogens with one attached hydrogen (secondary N) is 2. The summed E-state index contributed by atoms with van der Waals surface area (Å²) in [7, 11) is 0. The number of carbonyl (C=O) groups excluding carboxylic acids is 2. The van der Waals surface area contributed by atoms with Crippen molar-refractivity contribution < 1.29 is 9.59 Å². The molecule has 0 saturated carbocycles. The highest BCUT2D eigenvalue weighted by molar-refractivity contribution is 5.99. The molecule has 0 fully saturated rings. The maximum Gasteiger partial charge on any atom is 0.252 e. The number of rotatable bonds is 9. The normalized spacial score (nSPS) is 13.4. The minimum absolute atomic E-state index is 0.187. The van der Waals surface area contributed by atoms with E-state index in [0.717, 1.165) is 32.1 Å². The molecule has 1 aliphatic rings. The molecule has 29 heavy (non-hydrogen) atoms. The average molecular weight is 392 g/mol. The van der Waals surface area contributed by atoms with Crippen LogP contribution in [0.25, 0.3) is 0 Å². The molecule has 1 aromatic heterocycles. The number of aromatic nitrogens is 1. The highest BCUT2D eigenvalue weighted by atomic mass is 16.2. The molecule has 0 bridgehead atoms. The van der Waals surface area contributed by atoms with Gasteiger partial charge in [0.25, 0.3) is 11.8 Å². The number of pyridine rings is 1. The fraction of sp³-hybridized carbons (Fsp3) is 0.375. The lowest BCUT2D eigenvalue weighted by molar-refractivity contribution is 0.0952. The van der Waals surface area contributed by atoms with Crippen LogP contribution in [0.1, 0.15) is 64.8 Å². The smallest absolute Gasteiger partial charge is 0.252 e.